The van der Waals surface area contributed by atoms with Crippen LogP contribution in [0.3, 0.4) is 0 Å². The second-order valence-corrected chi connectivity index (χ2v) is 7.53. The molecule has 0 aliphatic rings. The van der Waals surface area contributed by atoms with Gasteiger partial charge in [-0.25, -0.2) is 4.79 Å². The third-order valence-electron chi connectivity index (χ3n) is 5.28. The first-order valence-corrected chi connectivity index (χ1v) is 10.9. The van der Waals surface area contributed by atoms with E-state index in [0.717, 1.165) is 36.9 Å². The first kappa shape index (κ1) is 21.8. The Morgan fingerprint density at radius 3 is 1.80 bits per heavy atom. The van der Waals surface area contributed by atoms with E-state index in [1.54, 1.807) is 0 Å². The molecule has 0 saturated heterocycles. The van der Waals surface area contributed by atoms with Crippen molar-refractivity contribution in [3.63, 3.8) is 0 Å². The summed E-state index contributed by atoms with van der Waals surface area (Å²) in [7, 11) is 0. The highest BCUT2D eigenvalue weighted by Gasteiger charge is 2.10. The molecule has 0 radical (unpaired) electrons. The highest BCUT2D eigenvalue weighted by molar-refractivity contribution is 5.91. The zero-order valence-electron chi connectivity index (χ0n) is 17.6. The van der Waals surface area contributed by atoms with Gasteiger partial charge in [0, 0.05) is 0 Å². The summed E-state index contributed by atoms with van der Waals surface area (Å²) < 4.78 is 5.44. The number of hydrogen-bond donors (Lipinski definition) is 1. The van der Waals surface area contributed by atoms with Crippen LogP contribution in [0.15, 0.2) is 78.9 Å². The predicted octanol–water partition coefficient (Wildman–Crippen LogP) is 6.48. The van der Waals surface area contributed by atoms with E-state index in [1.807, 2.05) is 48.5 Å². The van der Waals surface area contributed by atoms with E-state index in [1.165, 1.54) is 30.4 Å². The SMILES string of the molecule is NCCCCCCCCOC(=O)c1ccc(-c2ccccc2-c2ccccc2)cc1. The largest absolute Gasteiger partial charge is 0.462 e. The van der Waals surface area contributed by atoms with Gasteiger partial charge in [0.1, 0.15) is 0 Å². The summed E-state index contributed by atoms with van der Waals surface area (Å²) in [4.78, 5) is 12.3. The van der Waals surface area contributed by atoms with Crippen molar-refractivity contribution >= 4 is 5.97 Å². The van der Waals surface area contributed by atoms with Crippen LogP contribution in [-0.4, -0.2) is 19.1 Å². The molecule has 3 aromatic carbocycles. The third-order valence-corrected chi connectivity index (χ3v) is 5.28. The van der Waals surface area contributed by atoms with Crippen LogP contribution in [0.4, 0.5) is 0 Å². The molecule has 0 aliphatic carbocycles. The molecule has 3 rings (SSSR count). The Labute approximate surface area is 179 Å². The molecule has 30 heavy (non-hydrogen) atoms. The number of unbranched alkanes of at least 4 members (excludes halogenated alkanes) is 5. The van der Waals surface area contributed by atoms with Crippen molar-refractivity contribution in [3.05, 3.63) is 84.4 Å². The Kier molecular flexibility index (Phi) is 8.67. The zero-order chi connectivity index (χ0) is 21.0. The normalized spacial score (nSPS) is 10.7. The van der Waals surface area contributed by atoms with Gasteiger partial charge in [0.05, 0.1) is 12.2 Å². The molecule has 0 atom stereocenters. The molecule has 3 heteroatoms. The van der Waals surface area contributed by atoms with E-state index in [4.69, 9.17) is 10.5 Å². The van der Waals surface area contributed by atoms with Crippen LogP contribution in [0.25, 0.3) is 22.3 Å². The molecule has 0 fully saturated rings. The molecule has 0 bridgehead atoms. The van der Waals surface area contributed by atoms with Crippen molar-refractivity contribution in [1.82, 2.24) is 0 Å². The average molecular weight is 402 g/mol. The van der Waals surface area contributed by atoms with E-state index in [2.05, 4.69) is 30.3 Å². The van der Waals surface area contributed by atoms with Gasteiger partial charge >= 0.3 is 5.97 Å². The lowest BCUT2D eigenvalue weighted by molar-refractivity contribution is 0.0497. The molecule has 2 N–H and O–H groups in total. The maximum Gasteiger partial charge on any atom is 0.338 e. The fourth-order valence-electron chi connectivity index (χ4n) is 3.59. The van der Waals surface area contributed by atoms with Gasteiger partial charge in [-0.05, 0) is 53.8 Å². The minimum Gasteiger partial charge on any atom is -0.462 e. The summed E-state index contributed by atoms with van der Waals surface area (Å²) in [5.41, 5.74) is 10.7. The van der Waals surface area contributed by atoms with Crippen molar-refractivity contribution in [2.75, 3.05) is 13.2 Å². The summed E-state index contributed by atoms with van der Waals surface area (Å²) in [6, 6.07) is 26.4. The molecule has 3 aromatic rings. The molecule has 0 unspecified atom stereocenters. The van der Waals surface area contributed by atoms with E-state index in [-0.39, 0.29) is 5.97 Å². The Morgan fingerprint density at radius 1 is 0.633 bits per heavy atom. The monoisotopic (exact) mass is 401 g/mol. The van der Waals surface area contributed by atoms with Gasteiger partial charge in [-0.3, -0.25) is 0 Å². The number of carbonyl (C=O) groups is 1. The van der Waals surface area contributed by atoms with Crippen LogP contribution in [0, 0.1) is 0 Å². The van der Waals surface area contributed by atoms with Gasteiger partial charge in [0.15, 0.2) is 0 Å². The van der Waals surface area contributed by atoms with Gasteiger partial charge in [-0.15, -0.1) is 0 Å². The van der Waals surface area contributed by atoms with Gasteiger partial charge in [0.2, 0.25) is 0 Å². The molecule has 0 aliphatic heterocycles. The number of rotatable bonds is 11. The smallest absolute Gasteiger partial charge is 0.338 e. The van der Waals surface area contributed by atoms with Crippen LogP contribution in [-0.2, 0) is 4.74 Å². The number of nitrogens with two attached hydrogens (primary N) is 1. The van der Waals surface area contributed by atoms with Gasteiger partial charge in [-0.2, -0.15) is 0 Å². The fourth-order valence-corrected chi connectivity index (χ4v) is 3.59. The van der Waals surface area contributed by atoms with Gasteiger partial charge in [0.25, 0.3) is 0 Å². The Hall–Kier alpha value is -2.91. The molecule has 0 amide bonds. The van der Waals surface area contributed by atoms with Crippen LogP contribution in [0.1, 0.15) is 48.9 Å². The lowest BCUT2D eigenvalue weighted by Gasteiger charge is -2.11. The van der Waals surface area contributed by atoms with Crippen LogP contribution >= 0.6 is 0 Å². The van der Waals surface area contributed by atoms with Crippen molar-refractivity contribution in [3.8, 4) is 22.3 Å². The molecular weight excluding hydrogens is 370 g/mol. The van der Waals surface area contributed by atoms with E-state index in [9.17, 15) is 4.79 Å². The first-order chi connectivity index (χ1) is 14.8. The van der Waals surface area contributed by atoms with Crippen molar-refractivity contribution in [2.45, 2.75) is 38.5 Å². The lowest BCUT2D eigenvalue weighted by atomic mass is 9.94. The number of hydrogen-bond acceptors (Lipinski definition) is 3. The van der Waals surface area contributed by atoms with Crippen LogP contribution in [0.5, 0.6) is 0 Å². The highest BCUT2D eigenvalue weighted by atomic mass is 16.5. The molecule has 0 heterocycles. The maximum absolute atomic E-state index is 12.3. The summed E-state index contributed by atoms with van der Waals surface area (Å²) in [6.07, 6.45) is 6.67. The van der Waals surface area contributed by atoms with Crippen molar-refractivity contribution in [1.29, 1.82) is 0 Å². The second-order valence-electron chi connectivity index (χ2n) is 7.53. The molecular formula is C27H31NO2. The Bertz CT molecular complexity index is 904. The Balaban J connectivity index is 1.55. The highest BCUT2D eigenvalue weighted by Crippen LogP contribution is 2.32. The second kappa shape index (κ2) is 11.9. The molecule has 0 saturated carbocycles. The summed E-state index contributed by atoms with van der Waals surface area (Å²) >= 11 is 0. The summed E-state index contributed by atoms with van der Waals surface area (Å²) in [5.74, 6) is -0.249. The lowest BCUT2D eigenvalue weighted by Crippen LogP contribution is -2.06. The third kappa shape index (κ3) is 6.30. The van der Waals surface area contributed by atoms with Gasteiger partial charge < -0.3 is 10.5 Å². The van der Waals surface area contributed by atoms with Crippen LogP contribution in [0.2, 0.25) is 0 Å². The first-order valence-electron chi connectivity index (χ1n) is 10.9. The summed E-state index contributed by atoms with van der Waals surface area (Å²) in [5, 5.41) is 0. The standard InChI is InChI=1S/C27H31NO2/c28-20-10-3-1-2-4-11-21-30-27(29)24-18-16-23(17-19-24)26-15-9-8-14-25(26)22-12-6-5-7-13-22/h5-9,12-19H,1-4,10-11,20-21,28H2. The minimum atomic E-state index is -0.249. The molecule has 156 valence electrons. The fraction of sp³-hybridized carbons (Fsp3) is 0.296. The zero-order valence-corrected chi connectivity index (χ0v) is 17.6. The van der Waals surface area contributed by atoms with Crippen LogP contribution < -0.4 is 5.73 Å². The van der Waals surface area contributed by atoms with Gasteiger partial charge in [-0.1, -0.05) is 92.4 Å². The predicted molar refractivity (Wildman–Crippen MR) is 124 cm³/mol. The van der Waals surface area contributed by atoms with Crippen molar-refractivity contribution < 1.29 is 9.53 Å². The number of benzene rings is 3. The van der Waals surface area contributed by atoms with E-state index < -0.39 is 0 Å². The maximum atomic E-state index is 12.3. The van der Waals surface area contributed by atoms with Crippen molar-refractivity contribution in [2.24, 2.45) is 5.73 Å². The summed E-state index contributed by atoms with van der Waals surface area (Å²) in [6.45, 7) is 1.25. The number of carbonyl (C=O) groups excluding carboxylic acids is 1. The molecule has 0 spiro atoms. The number of esters is 1. The average Bonchev–Trinajstić information content (AvgIpc) is 2.81. The Morgan fingerprint density at radius 2 is 1.17 bits per heavy atom. The number of ether oxygens (including phenoxy) is 1. The minimum absolute atomic E-state index is 0.249. The van der Waals surface area contributed by atoms with E-state index in [0.29, 0.717) is 12.2 Å². The molecule has 3 nitrogen and oxygen atoms in total. The quantitative estimate of drug-likeness (QED) is 0.296. The van der Waals surface area contributed by atoms with E-state index >= 15 is 0 Å². The molecule has 0 aromatic heterocycles. The topological polar surface area (TPSA) is 52.3 Å².